The van der Waals surface area contributed by atoms with Gasteiger partial charge in [0.2, 0.25) is 11.0 Å². The van der Waals surface area contributed by atoms with Crippen LogP contribution in [0.2, 0.25) is 0 Å². The molecule has 0 aliphatic heterocycles. The van der Waals surface area contributed by atoms with Crippen LogP contribution in [0.15, 0.2) is 28.6 Å². The van der Waals surface area contributed by atoms with Gasteiger partial charge in [0, 0.05) is 19.3 Å². The molecular weight excluding hydrogens is 320 g/mol. The standard InChI is InChI=1S/C14H18N4O2S2/c1-10-3-5-11(6-4-10)16-13-17-18-14(22-13)21-9-12(19)15-7-8-20-2/h3-6H,7-9H2,1-2H3,(H,15,19)(H,16,17). The number of nitrogens with zero attached hydrogens (tertiary/aromatic N) is 2. The van der Waals surface area contributed by atoms with Gasteiger partial charge in [-0.2, -0.15) is 0 Å². The maximum Gasteiger partial charge on any atom is 0.230 e. The van der Waals surface area contributed by atoms with E-state index in [1.807, 2.05) is 31.2 Å². The number of rotatable bonds is 8. The number of benzene rings is 1. The Hall–Kier alpha value is -1.64. The van der Waals surface area contributed by atoms with E-state index in [0.29, 0.717) is 24.0 Å². The molecule has 2 N–H and O–H groups in total. The number of methoxy groups -OCH3 is 1. The monoisotopic (exact) mass is 338 g/mol. The molecule has 2 aromatic rings. The lowest BCUT2D eigenvalue weighted by Gasteiger charge is -2.02. The van der Waals surface area contributed by atoms with Crippen LogP contribution in [0.3, 0.4) is 0 Å². The van der Waals surface area contributed by atoms with Crippen molar-refractivity contribution in [1.82, 2.24) is 15.5 Å². The number of carbonyl (C=O) groups excluding carboxylic acids is 1. The van der Waals surface area contributed by atoms with E-state index in [2.05, 4.69) is 20.8 Å². The van der Waals surface area contributed by atoms with Gasteiger partial charge in [-0.1, -0.05) is 40.8 Å². The summed E-state index contributed by atoms with van der Waals surface area (Å²) in [5.74, 6) is 0.286. The summed E-state index contributed by atoms with van der Waals surface area (Å²) in [5.41, 5.74) is 2.18. The van der Waals surface area contributed by atoms with Crippen LogP contribution >= 0.6 is 23.1 Å². The average Bonchev–Trinajstić information content (AvgIpc) is 2.95. The van der Waals surface area contributed by atoms with Gasteiger partial charge in [-0.05, 0) is 19.1 Å². The number of carbonyl (C=O) groups is 1. The fourth-order valence-electron chi connectivity index (χ4n) is 1.55. The van der Waals surface area contributed by atoms with Crippen LogP contribution in [0.5, 0.6) is 0 Å². The van der Waals surface area contributed by atoms with Crippen LogP contribution in [0, 0.1) is 6.92 Å². The van der Waals surface area contributed by atoms with E-state index < -0.39 is 0 Å². The highest BCUT2D eigenvalue weighted by Gasteiger charge is 2.08. The Bertz CT molecular complexity index is 601. The molecule has 1 heterocycles. The Balaban J connectivity index is 1.78. The summed E-state index contributed by atoms with van der Waals surface area (Å²) in [6, 6.07) is 8.05. The van der Waals surface area contributed by atoms with Gasteiger partial charge < -0.3 is 15.4 Å². The molecular formula is C14H18N4O2S2. The number of ether oxygens (including phenoxy) is 1. The second kappa shape index (κ2) is 8.72. The zero-order valence-electron chi connectivity index (χ0n) is 12.5. The summed E-state index contributed by atoms with van der Waals surface area (Å²) < 4.78 is 5.63. The van der Waals surface area contributed by atoms with Gasteiger partial charge in [-0.3, -0.25) is 4.79 Å². The number of aromatic nitrogens is 2. The lowest BCUT2D eigenvalue weighted by molar-refractivity contribution is -0.118. The largest absolute Gasteiger partial charge is 0.383 e. The lowest BCUT2D eigenvalue weighted by atomic mass is 10.2. The molecule has 0 saturated heterocycles. The molecule has 0 unspecified atom stereocenters. The first-order chi connectivity index (χ1) is 10.7. The van der Waals surface area contributed by atoms with Crippen LogP contribution in [-0.2, 0) is 9.53 Å². The van der Waals surface area contributed by atoms with Gasteiger partial charge in [0.1, 0.15) is 0 Å². The van der Waals surface area contributed by atoms with E-state index in [9.17, 15) is 4.79 Å². The molecule has 0 saturated carbocycles. The number of anilines is 2. The minimum atomic E-state index is -0.0368. The minimum Gasteiger partial charge on any atom is -0.383 e. The first-order valence-electron chi connectivity index (χ1n) is 6.73. The minimum absolute atomic E-state index is 0.0368. The normalized spacial score (nSPS) is 10.5. The summed E-state index contributed by atoms with van der Waals surface area (Å²) in [6.07, 6.45) is 0. The smallest absolute Gasteiger partial charge is 0.230 e. The van der Waals surface area contributed by atoms with Crippen LogP contribution in [0.4, 0.5) is 10.8 Å². The fourth-order valence-corrected chi connectivity index (χ4v) is 3.15. The second-order valence-electron chi connectivity index (χ2n) is 4.50. The Labute approximate surface area is 137 Å². The molecule has 0 atom stereocenters. The predicted molar refractivity (Wildman–Crippen MR) is 90.0 cm³/mol. The van der Waals surface area contributed by atoms with E-state index in [1.54, 1.807) is 7.11 Å². The van der Waals surface area contributed by atoms with Crippen molar-refractivity contribution < 1.29 is 9.53 Å². The summed E-state index contributed by atoms with van der Waals surface area (Å²) in [6.45, 7) is 3.08. The van der Waals surface area contributed by atoms with Gasteiger partial charge in [0.15, 0.2) is 4.34 Å². The highest BCUT2D eigenvalue weighted by Crippen LogP contribution is 2.27. The predicted octanol–water partition coefficient (Wildman–Crippen LogP) is 2.44. The highest BCUT2D eigenvalue weighted by atomic mass is 32.2. The average molecular weight is 338 g/mol. The Morgan fingerprint density at radius 1 is 1.32 bits per heavy atom. The number of thioether (sulfide) groups is 1. The van der Waals surface area contributed by atoms with Crippen molar-refractivity contribution in [3.05, 3.63) is 29.8 Å². The molecule has 6 nitrogen and oxygen atoms in total. The molecule has 0 spiro atoms. The van der Waals surface area contributed by atoms with E-state index in [4.69, 9.17) is 4.74 Å². The molecule has 0 radical (unpaired) electrons. The van der Waals surface area contributed by atoms with E-state index in [-0.39, 0.29) is 5.91 Å². The highest BCUT2D eigenvalue weighted by molar-refractivity contribution is 8.01. The first kappa shape index (κ1) is 16.7. The third-order valence-corrected chi connectivity index (χ3v) is 4.64. The van der Waals surface area contributed by atoms with E-state index in [0.717, 1.165) is 10.0 Å². The number of amides is 1. The summed E-state index contributed by atoms with van der Waals surface area (Å²) in [4.78, 5) is 11.6. The molecule has 8 heteroatoms. The van der Waals surface area contributed by atoms with Crippen LogP contribution < -0.4 is 10.6 Å². The van der Waals surface area contributed by atoms with Crippen LogP contribution in [0.25, 0.3) is 0 Å². The van der Waals surface area contributed by atoms with Gasteiger partial charge in [-0.25, -0.2) is 0 Å². The number of hydrogen-bond acceptors (Lipinski definition) is 7. The molecule has 0 fully saturated rings. The first-order valence-corrected chi connectivity index (χ1v) is 8.53. The quantitative estimate of drug-likeness (QED) is 0.569. The maximum atomic E-state index is 11.6. The zero-order chi connectivity index (χ0) is 15.8. The fraction of sp³-hybridized carbons (Fsp3) is 0.357. The Morgan fingerprint density at radius 2 is 2.09 bits per heavy atom. The van der Waals surface area contributed by atoms with Gasteiger partial charge >= 0.3 is 0 Å². The molecule has 1 aromatic heterocycles. The molecule has 1 aromatic carbocycles. The zero-order valence-corrected chi connectivity index (χ0v) is 14.1. The van der Waals surface area contributed by atoms with Crippen molar-refractivity contribution in [1.29, 1.82) is 0 Å². The molecule has 1 amide bonds. The van der Waals surface area contributed by atoms with Crippen molar-refractivity contribution in [3.63, 3.8) is 0 Å². The summed E-state index contributed by atoms with van der Waals surface area (Å²) in [5, 5.41) is 14.8. The SMILES string of the molecule is COCCNC(=O)CSc1nnc(Nc2ccc(C)cc2)s1. The molecule has 118 valence electrons. The molecule has 0 bridgehead atoms. The third-order valence-electron chi connectivity index (χ3n) is 2.66. The topological polar surface area (TPSA) is 76.1 Å². The third kappa shape index (κ3) is 5.63. The lowest BCUT2D eigenvalue weighted by Crippen LogP contribution is -2.28. The summed E-state index contributed by atoms with van der Waals surface area (Å²) >= 11 is 2.80. The molecule has 0 aliphatic rings. The number of aryl methyl sites for hydroxylation is 1. The summed E-state index contributed by atoms with van der Waals surface area (Å²) in [7, 11) is 1.60. The molecule has 2 rings (SSSR count). The molecule has 0 aliphatic carbocycles. The second-order valence-corrected chi connectivity index (χ2v) is 6.70. The Morgan fingerprint density at radius 3 is 2.82 bits per heavy atom. The van der Waals surface area contributed by atoms with Gasteiger partial charge in [0.05, 0.1) is 12.4 Å². The van der Waals surface area contributed by atoms with E-state index in [1.165, 1.54) is 28.7 Å². The maximum absolute atomic E-state index is 11.6. The van der Waals surface area contributed by atoms with Crippen molar-refractivity contribution in [2.75, 3.05) is 31.3 Å². The van der Waals surface area contributed by atoms with E-state index >= 15 is 0 Å². The molecule has 22 heavy (non-hydrogen) atoms. The van der Waals surface area contributed by atoms with Gasteiger partial charge in [-0.15, -0.1) is 10.2 Å². The number of nitrogens with one attached hydrogen (secondary N) is 2. The van der Waals surface area contributed by atoms with Crippen molar-refractivity contribution in [2.45, 2.75) is 11.3 Å². The number of hydrogen-bond donors (Lipinski definition) is 2. The van der Waals surface area contributed by atoms with Crippen molar-refractivity contribution in [2.24, 2.45) is 0 Å². The van der Waals surface area contributed by atoms with Crippen molar-refractivity contribution >= 4 is 39.8 Å². The van der Waals surface area contributed by atoms with Crippen LogP contribution in [-0.4, -0.2) is 42.1 Å². The Kier molecular flexibility index (Phi) is 6.63. The van der Waals surface area contributed by atoms with Crippen molar-refractivity contribution in [3.8, 4) is 0 Å². The van der Waals surface area contributed by atoms with Crippen LogP contribution in [0.1, 0.15) is 5.56 Å². The van der Waals surface area contributed by atoms with Gasteiger partial charge in [0.25, 0.3) is 0 Å².